The molecule has 4 aliphatic carbocycles. The molecular formula is C29H44O9. The van der Waals surface area contributed by atoms with E-state index < -0.39 is 36.3 Å². The third-order valence-corrected chi connectivity index (χ3v) is 12.1. The lowest BCUT2D eigenvalue weighted by Crippen LogP contribution is -2.64. The van der Waals surface area contributed by atoms with Crippen LogP contribution in [0.25, 0.3) is 0 Å². The van der Waals surface area contributed by atoms with E-state index in [1.165, 1.54) is 0 Å². The molecule has 1 saturated heterocycles. The zero-order chi connectivity index (χ0) is 27.0. The van der Waals surface area contributed by atoms with Crippen molar-refractivity contribution in [2.45, 2.75) is 114 Å². The van der Waals surface area contributed by atoms with Gasteiger partial charge >= 0.3 is 5.97 Å². The molecular weight excluding hydrogens is 492 g/mol. The Labute approximate surface area is 224 Å². The third kappa shape index (κ3) is 3.80. The zero-order valence-corrected chi connectivity index (χ0v) is 22.5. The van der Waals surface area contributed by atoms with Gasteiger partial charge in [-0.05, 0) is 99.4 Å². The number of ether oxygens (including phenoxy) is 3. The summed E-state index contributed by atoms with van der Waals surface area (Å²) in [7, 11) is 0. The van der Waals surface area contributed by atoms with Crippen LogP contribution in [0.1, 0.15) is 71.6 Å². The van der Waals surface area contributed by atoms with Gasteiger partial charge in [0.25, 0.3) is 0 Å². The molecule has 6 aliphatic rings. The molecule has 9 nitrogen and oxygen atoms in total. The Bertz CT molecular complexity index is 970. The molecule has 0 aromatic rings. The standard InChI is InChI=1S/C29H44O9/c1-15-23(32)24(33)25(34)26(37-15)38-18-5-9-28(14-30)17(12-18)3-4-21-20(28)6-8-27(2)19(7-10-29(21,27)35)16-11-22(31)36-13-16/h11,15,17-21,23-26,30,32-35H,3-10,12-14H2,1-2H3/t15?,17-,18?,19?,20?,21?,23?,24?,25?,26?,27?,28?,29?/m0/s1. The van der Waals surface area contributed by atoms with Crippen molar-refractivity contribution in [3.63, 3.8) is 0 Å². The molecule has 2 aliphatic heterocycles. The smallest absolute Gasteiger partial charge is 0.331 e. The Morgan fingerprint density at radius 1 is 1.00 bits per heavy atom. The quantitative estimate of drug-likeness (QED) is 0.266. The molecule has 12 unspecified atom stereocenters. The highest BCUT2D eigenvalue weighted by Crippen LogP contribution is 2.70. The molecule has 0 radical (unpaired) electrons. The number of hydrogen-bond donors (Lipinski definition) is 5. The van der Waals surface area contributed by atoms with Crippen LogP contribution in [0, 0.1) is 34.5 Å². The molecule has 214 valence electrons. The molecule has 6 rings (SSSR count). The first-order valence-electron chi connectivity index (χ1n) is 14.6. The number of esters is 1. The summed E-state index contributed by atoms with van der Waals surface area (Å²) in [6, 6.07) is 0. The van der Waals surface area contributed by atoms with Gasteiger partial charge in [0.1, 0.15) is 24.9 Å². The molecule has 0 amide bonds. The minimum Gasteiger partial charge on any atom is -0.458 e. The lowest BCUT2D eigenvalue weighted by atomic mass is 9.43. The topological polar surface area (TPSA) is 146 Å². The van der Waals surface area contributed by atoms with Crippen LogP contribution in [0.3, 0.4) is 0 Å². The first-order chi connectivity index (χ1) is 18.0. The first kappa shape index (κ1) is 27.1. The van der Waals surface area contributed by atoms with E-state index in [0.29, 0.717) is 19.4 Å². The minimum atomic E-state index is -1.32. The van der Waals surface area contributed by atoms with Crippen LogP contribution in [0.15, 0.2) is 11.6 Å². The Hall–Kier alpha value is -1.07. The summed E-state index contributed by atoms with van der Waals surface area (Å²) < 4.78 is 17.1. The second-order valence-corrected chi connectivity index (χ2v) is 13.4. The van der Waals surface area contributed by atoms with Gasteiger partial charge in [0.2, 0.25) is 0 Å². The number of cyclic esters (lactones) is 1. The summed E-state index contributed by atoms with van der Waals surface area (Å²) in [5, 5.41) is 53.9. The highest BCUT2D eigenvalue weighted by Gasteiger charge is 2.68. The van der Waals surface area contributed by atoms with Crippen LogP contribution in [-0.2, 0) is 19.0 Å². The van der Waals surface area contributed by atoms with Gasteiger partial charge in [0.05, 0.1) is 17.8 Å². The predicted molar refractivity (Wildman–Crippen MR) is 134 cm³/mol. The predicted octanol–water partition coefficient (Wildman–Crippen LogP) is 1.43. The Morgan fingerprint density at radius 2 is 1.79 bits per heavy atom. The van der Waals surface area contributed by atoms with Crippen LogP contribution < -0.4 is 0 Å². The second-order valence-electron chi connectivity index (χ2n) is 13.4. The fourth-order valence-electron chi connectivity index (χ4n) is 9.91. The maximum atomic E-state index is 12.4. The number of aliphatic hydroxyl groups excluding tert-OH is 4. The van der Waals surface area contributed by atoms with Crippen LogP contribution in [-0.4, -0.2) is 87.1 Å². The van der Waals surface area contributed by atoms with E-state index in [1.54, 1.807) is 13.0 Å². The largest absolute Gasteiger partial charge is 0.458 e. The summed E-state index contributed by atoms with van der Waals surface area (Å²) in [5.74, 6) is 0.414. The fourth-order valence-corrected chi connectivity index (χ4v) is 9.91. The van der Waals surface area contributed by atoms with Gasteiger partial charge in [-0.25, -0.2) is 4.79 Å². The molecule has 0 aromatic carbocycles. The molecule has 9 heteroatoms. The molecule has 0 bridgehead atoms. The number of carbonyl (C=O) groups excluding carboxylic acids is 1. The van der Waals surface area contributed by atoms with Crippen molar-refractivity contribution in [2.24, 2.45) is 34.5 Å². The van der Waals surface area contributed by atoms with E-state index in [9.17, 15) is 30.3 Å². The number of fused-ring (bicyclic) bond motifs is 5. The average Bonchev–Trinajstić information content (AvgIpc) is 3.45. The molecule has 2 heterocycles. The zero-order valence-electron chi connectivity index (χ0n) is 22.5. The molecule has 5 N–H and O–H groups in total. The summed E-state index contributed by atoms with van der Waals surface area (Å²) >= 11 is 0. The van der Waals surface area contributed by atoms with E-state index in [0.717, 1.165) is 50.5 Å². The molecule has 4 saturated carbocycles. The minimum absolute atomic E-state index is 0.0831. The van der Waals surface area contributed by atoms with Crippen LogP contribution in [0.4, 0.5) is 0 Å². The van der Waals surface area contributed by atoms with Gasteiger partial charge in [-0.2, -0.15) is 0 Å². The Kier molecular flexibility index (Phi) is 6.78. The van der Waals surface area contributed by atoms with Crippen molar-refractivity contribution in [1.82, 2.24) is 0 Å². The lowest BCUT2D eigenvalue weighted by Gasteiger charge is -2.64. The Balaban J connectivity index is 1.19. The maximum Gasteiger partial charge on any atom is 0.331 e. The second kappa shape index (κ2) is 9.50. The Morgan fingerprint density at radius 3 is 2.50 bits per heavy atom. The van der Waals surface area contributed by atoms with E-state index in [2.05, 4.69) is 6.92 Å². The molecule has 38 heavy (non-hydrogen) atoms. The van der Waals surface area contributed by atoms with Gasteiger partial charge < -0.3 is 39.7 Å². The van der Waals surface area contributed by atoms with Crippen molar-refractivity contribution in [2.75, 3.05) is 13.2 Å². The molecule has 0 aromatic heterocycles. The molecule has 13 atom stereocenters. The summed E-state index contributed by atoms with van der Waals surface area (Å²) in [6.45, 7) is 4.27. The first-order valence-corrected chi connectivity index (χ1v) is 14.6. The number of rotatable bonds is 4. The van der Waals surface area contributed by atoms with Gasteiger partial charge in [-0.3, -0.25) is 0 Å². The molecule has 5 fully saturated rings. The SMILES string of the molecule is CC1OC(OC2CCC3(CO)C4CCC5(C)C(C6=CC(=O)OC6)CCC5(O)C4CC[C@H]3C2)C(O)C(O)C1O. The highest BCUT2D eigenvalue weighted by molar-refractivity contribution is 5.85. The van der Waals surface area contributed by atoms with Crippen LogP contribution >= 0.6 is 0 Å². The summed E-state index contributed by atoms with van der Waals surface area (Å²) in [4.78, 5) is 11.8. The summed E-state index contributed by atoms with van der Waals surface area (Å²) in [5.41, 5.74) is -0.401. The maximum absolute atomic E-state index is 12.4. The highest BCUT2D eigenvalue weighted by atomic mass is 16.7. The van der Waals surface area contributed by atoms with Crippen molar-refractivity contribution < 1.29 is 44.5 Å². The average molecular weight is 537 g/mol. The third-order valence-electron chi connectivity index (χ3n) is 12.1. The van der Waals surface area contributed by atoms with Crippen LogP contribution in [0.2, 0.25) is 0 Å². The van der Waals surface area contributed by atoms with Crippen molar-refractivity contribution in [3.8, 4) is 0 Å². The summed E-state index contributed by atoms with van der Waals surface area (Å²) in [6.07, 6.45) is 3.35. The van der Waals surface area contributed by atoms with Gasteiger partial charge in [-0.15, -0.1) is 0 Å². The normalized spacial score (nSPS) is 54.5. The fraction of sp³-hybridized carbons (Fsp3) is 0.897. The molecule has 0 spiro atoms. The van der Waals surface area contributed by atoms with Gasteiger partial charge in [0, 0.05) is 18.1 Å². The van der Waals surface area contributed by atoms with E-state index in [1.807, 2.05) is 0 Å². The van der Waals surface area contributed by atoms with Crippen molar-refractivity contribution >= 4 is 5.97 Å². The van der Waals surface area contributed by atoms with E-state index in [-0.39, 0.29) is 53.2 Å². The van der Waals surface area contributed by atoms with E-state index in [4.69, 9.17) is 14.2 Å². The number of carbonyl (C=O) groups is 1. The van der Waals surface area contributed by atoms with Crippen LogP contribution in [0.5, 0.6) is 0 Å². The van der Waals surface area contributed by atoms with E-state index >= 15 is 0 Å². The monoisotopic (exact) mass is 536 g/mol. The van der Waals surface area contributed by atoms with Crippen molar-refractivity contribution in [3.05, 3.63) is 11.6 Å². The van der Waals surface area contributed by atoms with Gasteiger partial charge in [-0.1, -0.05) is 6.92 Å². The lowest BCUT2D eigenvalue weighted by molar-refractivity contribution is -0.311. The van der Waals surface area contributed by atoms with Gasteiger partial charge in [0.15, 0.2) is 6.29 Å². The van der Waals surface area contributed by atoms with Crippen molar-refractivity contribution in [1.29, 1.82) is 0 Å². The number of hydrogen-bond acceptors (Lipinski definition) is 9. The number of aliphatic hydroxyl groups is 5.